The molecule has 11 heteroatoms. The molecule has 1 rings (SSSR count). The van der Waals surface area contributed by atoms with Gasteiger partial charge in [0.15, 0.2) is 6.10 Å². The number of nitrogens with one attached hydrogen (secondary N) is 1. The summed E-state index contributed by atoms with van der Waals surface area (Å²) in [6.45, 7) is 4.95. The highest BCUT2D eigenvalue weighted by Gasteiger charge is 2.47. The molecule has 1 fully saturated rings. The Bertz CT molecular complexity index is 1070. The molecule has 0 bridgehead atoms. The summed E-state index contributed by atoms with van der Waals surface area (Å²) in [6.07, 6.45) is 33.2. The van der Waals surface area contributed by atoms with Gasteiger partial charge in [0.1, 0.15) is 30.6 Å². The van der Waals surface area contributed by atoms with Crippen LogP contribution >= 0.6 is 0 Å². The monoisotopic (exact) mass is 824 g/mol. The standard InChI is InChI=1S/C47H85NO10/c1-3-5-7-9-11-13-15-17-19-21-23-25-27-29-31-33-37-56-40(49)36-35-39(48-45-43(52)41(50)42(51)44(58-45)46(53)54)47(55)57-38-34-32-30-28-26-24-22-20-18-16-14-12-10-8-6-4-2/h17-20,39,41-45,48,50-52H,3-16,21-38H2,1-2H3,(H,53,54)/b19-17-,20-18-/t39-,41-,42-,43+,44-,45+/m0/s1. The topological polar surface area (TPSA) is 172 Å². The van der Waals surface area contributed by atoms with Gasteiger partial charge in [0, 0.05) is 6.42 Å². The SMILES string of the molecule is CCCCCCCC/C=C\CCCCCCCCOC(=O)CC[C@H](N[C@@H]1O[C@H](C(=O)O)[C@@H](O)[C@H](O)[C@H]1O)C(=O)OCCCCCCCC/C=C\CCCCCCCC. The van der Waals surface area contributed by atoms with Crippen molar-refractivity contribution in [2.24, 2.45) is 0 Å². The lowest BCUT2D eigenvalue weighted by Crippen LogP contribution is -2.65. The predicted octanol–water partition coefficient (Wildman–Crippen LogP) is 9.78. The lowest BCUT2D eigenvalue weighted by molar-refractivity contribution is -0.235. The molecule has 0 spiro atoms. The molecule has 1 heterocycles. The van der Waals surface area contributed by atoms with Crippen LogP contribution in [0.5, 0.6) is 0 Å². The van der Waals surface area contributed by atoms with Crippen LogP contribution < -0.4 is 5.32 Å². The van der Waals surface area contributed by atoms with E-state index in [4.69, 9.17) is 14.2 Å². The third kappa shape index (κ3) is 28.2. The van der Waals surface area contributed by atoms with Crippen molar-refractivity contribution in [2.75, 3.05) is 13.2 Å². The van der Waals surface area contributed by atoms with Gasteiger partial charge >= 0.3 is 17.9 Å². The number of carbonyl (C=O) groups excluding carboxylic acids is 2. The largest absolute Gasteiger partial charge is 0.479 e. The highest BCUT2D eigenvalue weighted by atomic mass is 16.6. The van der Waals surface area contributed by atoms with Crippen LogP contribution in [0.25, 0.3) is 0 Å². The number of unbranched alkanes of at least 4 members (excludes halogenated alkanes) is 24. The van der Waals surface area contributed by atoms with Gasteiger partial charge in [0.05, 0.1) is 13.2 Å². The molecule has 0 amide bonds. The molecule has 1 aliphatic rings. The summed E-state index contributed by atoms with van der Waals surface area (Å²) in [5.74, 6) is -2.69. The highest BCUT2D eigenvalue weighted by Crippen LogP contribution is 2.22. The summed E-state index contributed by atoms with van der Waals surface area (Å²) >= 11 is 0. The Balaban J connectivity index is 2.35. The number of carbonyl (C=O) groups is 3. The van der Waals surface area contributed by atoms with Crippen molar-refractivity contribution in [1.29, 1.82) is 0 Å². The Labute approximate surface area is 352 Å². The lowest BCUT2D eigenvalue weighted by Gasteiger charge is -2.40. The Hall–Kier alpha value is -2.31. The second-order valence-corrected chi connectivity index (χ2v) is 16.3. The molecule has 58 heavy (non-hydrogen) atoms. The quantitative estimate of drug-likeness (QED) is 0.0227. The van der Waals surface area contributed by atoms with Crippen LogP contribution in [0.2, 0.25) is 0 Å². The number of hydrogen-bond acceptors (Lipinski definition) is 10. The second kappa shape index (κ2) is 37.7. The second-order valence-electron chi connectivity index (χ2n) is 16.3. The molecule has 1 aliphatic heterocycles. The minimum Gasteiger partial charge on any atom is -0.479 e. The Morgan fingerprint density at radius 3 is 1.38 bits per heavy atom. The van der Waals surface area contributed by atoms with Gasteiger partial charge in [-0.2, -0.15) is 0 Å². The molecule has 0 aliphatic carbocycles. The van der Waals surface area contributed by atoms with Crippen LogP contribution in [0.4, 0.5) is 0 Å². The minimum absolute atomic E-state index is 0.0541. The molecular formula is C47H85NO10. The van der Waals surface area contributed by atoms with E-state index in [1.54, 1.807) is 0 Å². The van der Waals surface area contributed by atoms with Crippen molar-refractivity contribution in [3.8, 4) is 0 Å². The van der Waals surface area contributed by atoms with E-state index in [0.29, 0.717) is 6.42 Å². The first-order valence-corrected chi connectivity index (χ1v) is 23.5. The number of aliphatic carboxylic acids is 1. The number of carboxylic acids is 1. The van der Waals surface area contributed by atoms with Crippen molar-refractivity contribution in [3.05, 3.63) is 24.3 Å². The van der Waals surface area contributed by atoms with Gasteiger partial charge in [-0.3, -0.25) is 14.9 Å². The maximum absolute atomic E-state index is 13.2. The van der Waals surface area contributed by atoms with Crippen molar-refractivity contribution >= 4 is 17.9 Å². The van der Waals surface area contributed by atoms with E-state index in [1.165, 1.54) is 109 Å². The number of hydrogen-bond donors (Lipinski definition) is 5. The molecule has 0 aromatic rings. The molecule has 0 aromatic carbocycles. The normalized spacial score (nSPS) is 20.2. The number of ether oxygens (including phenoxy) is 3. The number of rotatable bonds is 39. The van der Waals surface area contributed by atoms with E-state index in [-0.39, 0.29) is 26.1 Å². The van der Waals surface area contributed by atoms with Gasteiger partial charge in [-0.15, -0.1) is 0 Å². The maximum Gasteiger partial charge on any atom is 0.335 e. The van der Waals surface area contributed by atoms with Gasteiger partial charge in [0.2, 0.25) is 0 Å². The summed E-state index contributed by atoms with van der Waals surface area (Å²) in [7, 11) is 0. The van der Waals surface area contributed by atoms with Crippen molar-refractivity contribution in [1.82, 2.24) is 5.32 Å². The first-order chi connectivity index (χ1) is 28.2. The van der Waals surface area contributed by atoms with E-state index in [0.717, 1.165) is 64.2 Å². The van der Waals surface area contributed by atoms with E-state index in [1.807, 2.05) is 0 Å². The maximum atomic E-state index is 13.2. The van der Waals surface area contributed by atoms with Gasteiger partial charge in [-0.25, -0.2) is 4.79 Å². The molecule has 0 unspecified atom stereocenters. The Morgan fingerprint density at radius 2 is 0.948 bits per heavy atom. The Kier molecular flexibility index (Phi) is 34.9. The summed E-state index contributed by atoms with van der Waals surface area (Å²) in [5, 5.41) is 43.0. The number of esters is 2. The molecule has 0 saturated carbocycles. The first kappa shape index (κ1) is 53.7. The van der Waals surface area contributed by atoms with Crippen LogP contribution in [0, 0.1) is 0 Å². The smallest absolute Gasteiger partial charge is 0.335 e. The van der Waals surface area contributed by atoms with Gasteiger partial charge in [-0.05, 0) is 70.6 Å². The van der Waals surface area contributed by atoms with Crippen molar-refractivity contribution < 1.29 is 49.0 Å². The van der Waals surface area contributed by atoms with E-state index < -0.39 is 54.6 Å². The highest BCUT2D eigenvalue weighted by molar-refractivity contribution is 5.77. The van der Waals surface area contributed by atoms with Gasteiger partial charge < -0.3 is 34.6 Å². The minimum atomic E-state index is -1.86. The van der Waals surface area contributed by atoms with Crippen LogP contribution in [0.15, 0.2) is 24.3 Å². The zero-order valence-corrected chi connectivity index (χ0v) is 36.6. The van der Waals surface area contributed by atoms with Gasteiger partial charge in [-0.1, -0.05) is 154 Å². The van der Waals surface area contributed by atoms with E-state index >= 15 is 0 Å². The Morgan fingerprint density at radius 1 is 0.552 bits per heavy atom. The predicted molar refractivity (Wildman–Crippen MR) is 231 cm³/mol. The fourth-order valence-electron chi connectivity index (χ4n) is 7.18. The van der Waals surface area contributed by atoms with Gasteiger partial charge in [0.25, 0.3) is 0 Å². The first-order valence-electron chi connectivity index (χ1n) is 23.5. The van der Waals surface area contributed by atoms with Crippen molar-refractivity contribution in [2.45, 2.75) is 243 Å². The average Bonchev–Trinajstić information content (AvgIpc) is 3.21. The van der Waals surface area contributed by atoms with E-state index in [2.05, 4.69) is 43.5 Å². The van der Waals surface area contributed by atoms with Crippen LogP contribution in [0.1, 0.15) is 206 Å². The van der Waals surface area contributed by atoms with Crippen LogP contribution in [-0.4, -0.2) is 88.2 Å². The summed E-state index contributed by atoms with van der Waals surface area (Å²) in [5.41, 5.74) is 0. The molecular weight excluding hydrogens is 739 g/mol. The average molecular weight is 824 g/mol. The van der Waals surface area contributed by atoms with Crippen molar-refractivity contribution in [3.63, 3.8) is 0 Å². The molecule has 11 nitrogen and oxygen atoms in total. The molecule has 1 saturated heterocycles. The molecule has 6 atom stereocenters. The number of aliphatic hydroxyl groups excluding tert-OH is 3. The summed E-state index contributed by atoms with van der Waals surface area (Å²) in [4.78, 5) is 37.4. The van der Waals surface area contributed by atoms with E-state index in [9.17, 15) is 34.8 Å². The number of aliphatic hydroxyl groups is 3. The molecule has 338 valence electrons. The zero-order chi connectivity index (χ0) is 42.5. The fraction of sp³-hybridized carbons (Fsp3) is 0.851. The van der Waals surface area contributed by atoms with Crippen LogP contribution in [-0.2, 0) is 28.6 Å². The third-order valence-electron chi connectivity index (χ3n) is 11.0. The molecule has 5 N–H and O–H groups in total. The number of carboxylic acid groups (broad SMARTS) is 1. The molecule has 0 radical (unpaired) electrons. The molecule has 0 aromatic heterocycles. The lowest BCUT2D eigenvalue weighted by atomic mass is 9.97. The van der Waals surface area contributed by atoms with Crippen LogP contribution in [0.3, 0.4) is 0 Å². The fourth-order valence-corrected chi connectivity index (χ4v) is 7.18. The summed E-state index contributed by atoms with van der Waals surface area (Å²) < 4.78 is 16.3. The number of allylic oxidation sites excluding steroid dienone is 4. The summed E-state index contributed by atoms with van der Waals surface area (Å²) in [6, 6.07) is -1.15. The third-order valence-corrected chi connectivity index (χ3v) is 11.0. The zero-order valence-electron chi connectivity index (χ0n) is 36.6.